The van der Waals surface area contributed by atoms with Crippen molar-refractivity contribution in [1.82, 2.24) is 25.3 Å². The Morgan fingerprint density at radius 1 is 0.974 bits per heavy atom. The van der Waals surface area contributed by atoms with E-state index in [4.69, 9.17) is 4.74 Å². The van der Waals surface area contributed by atoms with Crippen LogP contribution in [0, 0.1) is 0 Å². The summed E-state index contributed by atoms with van der Waals surface area (Å²) in [5.74, 6) is -0.534. The number of methoxy groups -OCH3 is 1. The second kappa shape index (κ2) is 11.5. The van der Waals surface area contributed by atoms with Crippen molar-refractivity contribution in [3.8, 4) is 11.3 Å². The maximum atomic E-state index is 13.4. The highest BCUT2D eigenvalue weighted by atomic mass is 16.5. The smallest absolute Gasteiger partial charge is 0.305 e. The monoisotopic (exact) mass is 505 g/mol. The Bertz CT molecular complexity index is 1560. The predicted octanol–water partition coefficient (Wildman–Crippen LogP) is 4.97. The molecule has 0 saturated heterocycles. The molecule has 0 aliphatic carbocycles. The molecule has 2 aromatic heterocycles. The molecule has 0 bridgehead atoms. The van der Waals surface area contributed by atoms with Gasteiger partial charge in [-0.25, -0.2) is 4.68 Å². The number of carbonyl (C=O) groups is 2. The summed E-state index contributed by atoms with van der Waals surface area (Å²) < 4.78 is 6.52. The van der Waals surface area contributed by atoms with Crippen molar-refractivity contribution in [2.45, 2.75) is 25.4 Å². The van der Waals surface area contributed by atoms with E-state index in [0.717, 1.165) is 33.2 Å². The van der Waals surface area contributed by atoms with Crippen LogP contribution in [0.3, 0.4) is 0 Å². The van der Waals surface area contributed by atoms with Gasteiger partial charge in [-0.2, -0.15) is 0 Å². The highest BCUT2D eigenvalue weighted by Gasteiger charge is 2.19. The Morgan fingerprint density at radius 3 is 2.63 bits per heavy atom. The van der Waals surface area contributed by atoms with Gasteiger partial charge in [0.05, 0.1) is 25.9 Å². The molecule has 0 spiro atoms. The lowest BCUT2D eigenvalue weighted by Gasteiger charge is -2.20. The number of esters is 1. The zero-order valence-electron chi connectivity index (χ0n) is 20.9. The molecule has 0 aliphatic rings. The van der Waals surface area contributed by atoms with Crippen LogP contribution in [-0.2, 0) is 16.1 Å². The molecule has 0 saturated carbocycles. The molecular weight excluding hydrogens is 478 g/mol. The summed E-state index contributed by atoms with van der Waals surface area (Å²) in [6.07, 6.45) is 6.10. The lowest BCUT2D eigenvalue weighted by atomic mass is 10.0. The molecule has 3 aromatic carbocycles. The largest absolute Gasteiger partial charge is 0.469 e. The summed E-state index contributed by atoms with van der Waals surface area (Å²) in [7, 11) is 1.36. The van der Waals surface area contributed by atoms with Crippen LogP contribution in [0.5, 0.6) is 0 Å². The van der Waals surface area contributed by atoms with Crippen molar-refractivity contribution in [2.24, 2.45) is 0 Å². The van der Waals surface area contributed by atoms with Gasteiger partial charge in [-0.15, -0.1) is 5.10 Å². The number of amides is 1. The average molecular weight is 506 g/mol. The van der Waals surface area contributed by atoms with E-state index in [-0.39, 0.29) is 24.3 Å². The minimum absolute atomic E-state index is 0.199. The number of hydrogen-bond acceptors (Lipinski definition) is 6. The molecule has 8 heteroatoms. The second-order valence-electron chi connectivity index (χ2n) is 8.95. The fourth-order valence-corrected chi connectivity index (χ4v) is 4.41. The maximum Gasteiger partial charge on any atom is 0.305 e. The highest BCUT2D eigenvalue weighted by Crippen LogP contribution is 2.23. The topological polar surface area (TPSA) is 99.0 Å². The number of aromatic nitrogens is 4. The SMILES string of the molecule is COC(=O)CCC(NC(=O)c1ccccc1Cn1cc(-c2ccc3cnccc3c2)nn1)c1ccccc1. The number of rotatable bonds is 9. The van der Waals surface area contributed by atoms with E-state index in [9.17, 15) is 9.59 Å². The summed E-state index contributed by atoms with van der Waals surface area (Å²) in [6, 6.07) is 24.8. The number of nitrogens with one attached hydrogen (secondary N) is 1. The van der Waals surface area contributed by atoms with Crippen LogP contribution in [0.15, 0.2) is 97.5 Å². The van der Waals surface area contributed by atoms with Crippen molar-refractivity contribution in [2.75, 3.05) is 7.11 Å². The van der Waals surface area contributed by atoms with E-state index >= 15 is 0 Å². The van der Waals surface area contributed by atoms with E-state index in [1.165, 1.54) is 7.11 Å². The molecule has 1 amide bonds. The number of fused-ring (bicyclic) bond motifs is 1. The van der Waals surface area contributed by atoms with Crippen molar-refractivity contribution in [3.63, 3.8) is 0 Å². The van der Waals surface area contributed by atoms with Crippen molar-refractivity contribution in [3.05, 3.63) is 114 Å². The minimum Gasteiger partial charge on any atom is -0.469 e. The van der Waals surface area contributed by atoms with E-state index in [1.54, 1.807) is 16.9 Å². The molecule has 0 fully saturated rings. The lowest BCUT2D eigenvalue weighted by Crippen LogP contribution is -2.30. The zero-order chi connectivity index (χ0) is 26.3. The van der Waals surface area contributed by atoms with E-state index in [1.807, 2.05) is 79.1 Å². The molecule has 190 valence electrons. The van der Waals surface area contributed by atoms with Crippen LogP contribution in [0.1, 0.15) is 40.4 Å². The number of hydrogen-bond donors (Lipinski definition) is 1. The summed E-state index contributed by atoms with van der Waals surface area (Å²) >= 11 is 0. The maximum absolute atomic E-state index is 13.4. The minimum atomic E-state index is -0.336. The average Bonchev–Trinajstić information content (AvgIpc) is 3.44. The second-order valence-corrected chi connectivity index (χ2v) is 8.95. The number of nitrogens with zero attached hydrogens (tertiary/aromatic N) is 4. The van der Waals surface area contributed by atoms with E-state index in [2.05, 4.69) is 26.7 Å². The Balaban J connectivity index is 1.34. The number of ether oxygens (including phenoxy) is 1. The van der Waals surface area contributed by atoms with Crippen LogP contribution in [0.25, 0.3) is 22.0 Å². The number of carbonyl (C=O) groups excluding carboxylic acids is 2. The third-order valence-electron chi connectivity index (χ3n) is 6.44. The van der Waals surface area contributed by atoms with Crippen LogP contribution in [0.4, 0.5) is 0 Å². The Morgan fingerprint density at radius 2 is 1.79 bits per heavy atom. The predicted molar refractivity (Wildman–Crippen MR) is 144 cm³/mol. The van der Waals surface area contributed by atoms with Gasteiger partial charge in [-0.1, -0.05) is 65.9 Å². The fourth-order valence-electron chi connectivity index (χ4n) is 4.41. The molecule has 8 nitrogen and oxygen atoms in total. The Labute approximate surface area is 220 Å². The summed E-state index contributed by atoms with van der Waals surface area (Å²) in [5, 5.41) is 13.9. The molecular formula is C30H27N5O3. The molecule has 1 atom stereocenters. The molecule has 5 aromatic rings. The van der Waals surface area contributed by atoms with Crippen LogP contribution >= 0.6 is 0 Å². The van der Waals surface area contributed by atoms with Gasteiger partial charge in [0.1, 0.15) is 5.69 Å². The van der Waals surface area contributed by atoms with Gasteiger partial charge < -0.3 is 10.1 Å². The zero-order valence-corrected chi connectivity index (χ0v) is 20.9. The van der Waals surface area contributed by atoms with Gasteiger partial charge >= 0.3 is 5.97 Å². The van der Waals surface area contributed by atoms with Gasteiger partial charge in [0.15, 0.2) is 0 Å². The van der Waals surface area contributed by atoms with E-state index < -0.39 is 0 Å². The molecule has 0 aliphatic heterocycles. The summed E-state index contributed by atoms with van der Waals surface area (Å²) in [4.78, 5) is 29.4. The van der Waals surface area contributed by atoms with Gasteiger partial charge in [-0.3, -0.25) is 14.6 Å². The molecule has 0 radical (unpaired) electrons. The lowest BCUT2D eigenvalue weighted by molar-refractivity contribution is -0.140. The summed E-state index contributed by atoms with van der Waals surface area (Å²) in [6.45, 7) is 0.381. The molecule has 1 unspecified atom stereocenters. The first kappa shape index (κ1) is 24.8. The number of pyridine rings is 1. The third kappa shape index (κ3) is 5.75. The number of benzene rings is 3. The van der Waals surface area contributed by atoms with Gasteiger partial charge in [0.25, 0.3) is 5.91 Å². The molecule has 2 heterocycles. The summed E-state index contributed by atoms with van der Waals surface area (Å²) in [5.41, 5.74) is 3.98. The fraction of sp³-hybridized carbons (Fsp3) is 0.167. The highest BCUT2D eigenvalue weighted by molar-refractivity contribution is 5.96. The first-order valence-electron chi connectivity index (χ1n) is 12.4. The first-order chi connectivity index (χ1) is 18.6. The van der Waals surface area contributed by atoms with Crippen molar-refractivity contribution >= 4 is 22.6 Å². The van der Waals surface area contributed by atoms with Crippen LogP contribution in [-0.4, -0.2) is 39.0 Å². The Hall–Kier alpha value is -4.85. The quantitative estimate of drug-likeness (QED) is 0.284. The van der Waals surface area contributed by atoms with Crippen molar-refractivity contribution < 1.29 is 14.3 Å². The van der Waals surface area contributed by atoms with Gasteiger partial charge in [-0.05, 0) is 41.1 Å². The van der Waals surface area contributed by atoms with Crippen molar-refractivity contribution in [1.29, 1.82) is 0 Å². The third-order valence-corrected chi connectivity index (χ3v) is 6.44. The van der Waals surface area contributed by atoms with Gasteiger partial charge in [0.2, 0.25) is 0 Å². The molecule has 5 rings (SSSR count). The van der Waals surface area contributed by atoms with Crippen LogP contribution in [0.2, 0.25) is 0 Å². The molecule has 1 N–H and O–H groups in total. The Kier molecular flexibility index (Phi) is 7.49. The standard InChI is InChI=1S/C30H27N5O3/c1-38-29(36)14-13-27(21-7-3-2-4-8-21)32-30(37)26-10-6-5-9-25(26)19-35-20-28(33-34-35)23-11-12-24-18-31-16-15-22(24)17-23/h2-12,15-18,20,27H,13-14,19H2,1H3,(H,32,37). The molecule has 38 heavy (non-hydrogen) atoms. The van der Waals surface area contributed by atoms with E-state index in [0.29, 0.717) is 18.5 Å². The normalized spacial score (nSPS) is 11.7. The van der Waals surface area contributed by atoms with Crippen LogP contribution < -0.4 is 5.32 Å². The van der Waals surface area contributed by atoms with Gasteiger partial charge in [0, 0.05) is 35.3 Å². The first-order valence-corrected chi connectivity index (χ1v) is 12.4.